The van der Waals surface area contributed by atoms with Gasteiger partial charge in [-0.15, -0.1) is 11.3 Å². The number of hydrogen-bond donors (Lipinski definition) is 0. The van der Waals surface area contributed by atoms with Gasteiger partial charge in [-0.2, -0.15) is 0 Å². The average Bonchev–Trinajstić information content (AvgIpc) is 3.96. The Morgan fingerprint density at radius 2 is 1.04 bits per heavy atom. The van der Waals surface area contributed by atoms with Crippen LogP contribution in [0.15, 0.2) is 192 Å². The second-order valence-corrected chi connectivity index (χ2v) is 15.5. The van der Waals surface area contributed by atoms with Crippen LogP contribution in [0.2, 0.25) is 0 Å². The van der Waals surface area contributed by atoms with Crippen molar-refractivity contribution in [2.24, 2.45) is 0 Å². The molecule has 4 nitrogen and oxygen atoms in total. The topological polar surface area (TPSA) is 43.9 Å². The minimum absolute atomic E-state index is 0.673. The van der Waals surface area contributed by atoms with Crippen LogP contribution in [0.4, 0.5) is 0 Å². The highest BCUT2D eigenvalue weighted by Gasteiger charge is 2.21. The van der Waals surface area contributed by atoms with Crippen molar-refractivity contribution < 1.29 is 4.42 Å². The molecular formula is C52H31N3OS. The molecule has 266 valence electrons. The predicted molar refractivity (Wildman–Crippen MR) is 238 cm³/mol. The Morgan fingerprint density at radius 3 is 1.89 bits per heavy atom. The molecule has 0 amide bonds. The molecule has 0 aliphatic rings. The molecule has 0 aliphatic carbocycles. The maximum absolute atomic E-state index is 6.20. The molecule has 0 saturated heterocycles. The minimum atomic E-state index is 0.673. The molecule has 0 bridgehead atoms. The van der Waals surface area contributed by atoms with E-state index >= 15 is 0 Å². The van der Waals surface area contributed by atoms with E-state index in [2.05, 4.69) is 168 Å². The monoisotopic (exact) mass is 745 g/mol. The number of benzene rings is 8. The molecule has 0 atom stereocenters. The number of fused-ring (bicyclic) bond motifs is 10. The Labute approximate surface area is 331 Å². The van der Waals surface area contributed by atoms with Gasteiger partial charge >= 0.3 is 0 Å². The van der Waals surface area contributed by atoms with Crippen LogP contribution in [0.5, 0.6) is 0 Å². The van der Waals surface area contributed by atoms with Crippen molar-refractivity contribution in [1.29, 1.82) is 0 Å². The maximum Gasteiger partial charge on any atom is 0.160 e. The average molecular weight is 746 g/mol. The number of rotatable bonds is 5. The molecule has 0 unspecified atom stereocenters. The summed E-state index contributed by atoms with van der Waals surface area (Å²) in [5.41, 5.74) is 12.5. The molecule has 0 saturated carbocycles. The van der Waals surface area contributed by atoms with Crippen molar-refractivity contribution in [2.75, 3.05) is 0 Å². The van der Waals surface area contributed by atoms with Gasteiger partial charge < -0.3 is 8.98 Å². The molecule has 4 aromatic heterocycles. The molecule has 5 heteroatoms. The Kier molecular flexibility index (Phi) is 7.06. The Balaban J connectivity index is 1.09. The predicted octanol–water partition coefficient (Wildman–Crippen LogP) is 14.5. The summed E-state index contributed by atoms with van der Waals surface area (Å²) in [6, 6.07) is 66.5. The van der Waals surface area contributed by atoms with Crippen LogP contribution >= 0.6 is 11.3 Å². The van der Waals surface area contributed by atoms with Crippen LogP contribution in [0, 0.1) is 0 Å². The van der Waals surface area contributed by atoms with E-state index in [0.717, 1.165) is 55.7 Å². The third kappa shape index (κ3) is 5.06. The van der Waals surface area contributed by atoms with Crippen molar-refractivity contribution in [3.05, 3.63) is 188 Å². The summed E-state index contributed by atoms with van der Waals surface area (Å²) in [6.45, 7) is 0. The van der Waals surface area contributed by atoms with E-state index in [4.69, 9.17) is 14.4 Å². The van der Waals surface area contributed by atoms with Crippen LogP contribution in [0.1, 0.15) is 0 Å². The van der Waals surface area contributed by atoms with Crippen LogP contribution in [-0.4, -0.2) is 14.5 Å². The van der Waals surface area contributed by atoms with E-state index in [9.17, 15) is 0 Å². The van der Waals surface area contributed by atoms with Crippen LogP contribution in [0.3, 0.4) is 0 Å². The number of nitrogens with zero attached hydrogens (tertiary/aromatic N) is 3. The van der Waals surface area contributed by atoms with Gasteiger partial charge in [0.1, 0.15) is 11.2 Å². The fraction of sp³-hybridized carbons (Fsp3) is 0. The Morgan fingerprint density at radius 1 is 0.404 bits per heavy atom. The molecule has 8 aromatic carbocycles. The number of aromatic nitrogens is 3. The zero-order chi connectivity index (χ0) is 37.5. The lowest BCUT2D eigenvalue weighted by molar-refractivity contribution is 0.669. The van der Waals surface area contributed by atoms with Crippen molar-refractivity contribution in [3.8, 4) is 50.7 Å². The SMILES string of the molecule is c1ccc(-c2ccc(-c3cc(-c4cccc5c4sc4c5ccc5c6ccccc6n(-c6ccccc6)c54)nc(-c4ccc5oc6ccccc6c5c4)n3)cc2)cc1. The minimum Gasteiger partial charge on any atom is -0.456 e. The third-order valence-corrected chi connectivity index (χ3v) is 12.5. The van der Waals surface area contributed by atoms with Gasteiger partial charge in [-0.25, -0.2) is 9.97 Å². The normalized spacial score (nSPS) is 11.9. The highest BCUT2D eigenvalue weighted by molar-refractivity contribution is 7.27. The number of para-hydroxylation sites is 3. The van der Waals surface area contributed by atoms with Gasteiger partial charge in [0.05, 0.1) is 27.1 Å². The van der Waals surface area contributed by atoms with Crippen LogP contribution in [-0.2, 0) is 0 Å². The van der Waals surface area contributed by atoms with Crippen molar-refractivity contribution in [2.45, 2.75) is 0 Å². The standard InChI is InChI=1S/C52H31N3OS/c1-3-12-32(13-4-1)33-22-24-34(25-23-33)44-31-45(54-52(53-44)35-26-29-48-43(30-35)38-17-8-10-21-47(38)56-48)42-19-11-18-40-41-28-27-39-37-16-7-9-20-46(37)55(36-14-5-2-6-15-36)49(39)51(41)57-50(40)42/h1-31H. The zero-order valence-electron chi connectivity index (χ0n) is 30.6. The van der Waals surface area contributed by atoms with Crippen LogP contribution in [0.25, 0.3) is 115 Å². The second-order valence-electron chi connectivity index (χ2n) is 14.5. The zero-order valence-corrected chi connectivity index (χ0v) is 31.4. The number of thiophene rings is 1. The molecule has 4 heterocycles. The van der Waals surface area contributed by atoms with Gasteiger partial charge in [0.15, 0.2) is 5.82 Å². The van der Waals surface area contributed by atoms with E-state index in [0.29, 0.717) is 5.82 Å². The maximum atomic E-state index is 6.20. The summed E-state index contributed by atoms with van der Waals surface area (Å²) in [6.07, 6.45) is 0. The first kappa shape index (κ1) is 32.0. The molecule has 0 spiro atoms. The fourth-order valence-corrected chi connectivity index (χ4v) is 9.90. The first-order chi connectivity index (χ1) is 28.2. The van der Waals surface area contributed by atoms with Gasteiger partial charge in [-0.05, 0) is 59.7 Å². The van der Waals surface area contributed by atoms with E-state index in [-0.39, 0.29) is 0 Å². The van der Waals surface area contributed by atoms with Crippen molar-refractivity contribution >= 4 is 75.3 Å². The fourth-order valence-electron chi connectivity index (χ4n) is 8.54. The molecule has 12 aromatic rings. The summed E-state index contributed by atoms with van der Waals surface area (Å²) in [7, 11) is 0. The lowest BCUT2D eigenvalue weighted by atomic mass is 10.0. The summed E-state index contributed by atoms with van der Waals surface area (Å²) in [4.78, 5) is 10.6. The van der Waals surface area contributed by atoms with Gasteiger partial charge in [0.25, 0.3) is 0 Å². The van der Waals surface area contributed by atoms with Gasteiger partial charge in [-0.1, -0.05) is 140 Å². The molecule has 12 rings (SSSR count). The molecule has 0 fully saturated rings. The lowest BCUT2D eigenvalue weighted by Gasteiger charge is -2.11. The lowest BCUT2D eigenvalue weighted by Crippen LogP contribution is -1.96. The van der Waals surface area contributed by atoms with Gasteiger partial charge in [0.2, 0.25) is 0 Å². The van der Waals surface area contributed by atoms with E-state index in [1.54, 1.807) is 0 Å². The van der Waals surface area contributed by atoms with E-state index in [1.165, 1.54) is 53.1 Å². The molecule has 57 heavy (non-hydrogen) atoms. The molecular weight excluding hydrogens is 715 g/mol. The van der Waals surface area contributed by atoms with E-state index in [1.807, 2.05) is 35.6 Å². The third-order valence-electron chi connectivity index (χ3n) is 11.2. The van der Waals surface area contributed by atoms with Crippen molar-refractivity contribution in [3.63, 3.8) is 0 Å². The van der Waals surface area contributed by atoms with E-state index < -0.39 is 0 Å². The quantitative estimate of drug-likeness (QED) is 0.176. The summed E-state index contributed by atoms with van der Waals surface area (Å²) in [5.74, 6) is 0.673. The van der Waals surface area contributed by atoms with Gasteiger partial charge in [-0.3, -0.25) is 0 Å². The summed E-state index contributed by atoms with van der Waals surface area (Å²) in [5, 5.41) is 7.10. The molecule has 0 radical (unpaired) electrons. The van der Waals surface area contributed by atoms with Gasteiger partial charge in [0, 0.05) is 59.4 Å². The largest absolute Gasteiger partial charge is 0.456 e. The molecule has 0 N–H and O–H groups in total. The Bertz CT molecular complexity index is 3510. The number of hydrogen-bond acceptors (Lipinski definition) is 4. The van der Waals surface area contributed by atoms with Crippen molar-refractivity contribution in [1.82, 2.24) is 14.5 Å². The highest BCUT2D eigenvalue weighted by Crippen LogP contribution is 2.46. The molecule has 0 aliphatic heterocycles. The highest BCUT2D eigenvalue weighted by atomic mass is 32.1. The Hall–Kier alpha value is -7.34. The first-order valence-electron chi connectivity index (χ1n) is 19.1. The smallest absolute Gasteiger partial charge is 0.160 e. The first-order valence-corrected chi connectivity index (χ1v) is 20.0. The second kappa shape index (κ2) is 12.6. The van der Waals surface area contributed by atoms with Crippen LogP contribution < -0.4 is 0 Å². The number of furan rings is 1. The summed E-state index contributed by atoms with van der Waals surface area (Å²) >= 11 is 1.85. The summed E-state index contributed by atoms with van der Waals surface area (Å²) < 4.78 is 11.1.